The molecule has 1 aromatic carbocycles. The summed E-state index contributed by atoms with van der Waals surface area (Å²) in [7, 11) is 1.55. The Morgan fingerprint density at radius 3 is 3.00 bits per heavy atom. The first-order valence-electron chi connectivity index (χ1n) is 4.81. The molecule has 1 aromatic rings. The molecule has 0 spiro atoms. The molecule has 1 N–H and O–H groups in total. The average molecular weight is 237 g/mol. The van der Waals surface area contributed by atoms with Gasteiger partial charge in [-0.25, -0.2) is 0 Å². The zero-order valence-corrected chi connectivity index (χ0v) is 9.79. The molecule has 0 bridgehead atoms. The quantitative estimate of drug-likeness (QED) is 0.800. The molecule has 3 nitrogen and oxygen atoms in total. The van der Waals surface area contributed by atoms with E-state index in [9.17, 15) is 0 Å². The molecule has 0 heterocycles. The maximum absolute atomic E-state index is 9.09. The molecule has 0 radical (unpaired) electrons. The van der Waals surface area contributed by atoms with E-state index in [1.165, 1.54) is 0 Å². The van der Waals surface area contributed by atoms with Gasteiger partial charge in [-0.1, -0.05) is 23.7 Å². The van der Waals surface area contributed by atoms with E-state index in [1.807, 2.05) is 0 Å². The molecule has 0 aliphatic heterocycles. The van der Waals surface area contributed by atoms with Crippen LogP contribution in [0, 0.1) is 11.3 Å². The lowest BCUT2D eigenvalue weighted by molar-refractivity contribution is 0.406. The number of rotatable bonds is 5. The number of halogens is 1. The van der Waals surface area contributed by atoms with Gasteiger partial charge in [0, 0.05) is 12.1 Å². The van der Waals surface area contributed by atoms with Crippen LogP contribution >= 0.6 is 11.6 Å². The van der Waals surface area contributed by atoms with Crippen molar-refractivity contribution in [3.8, 4) is 11.8 Å². The lowest BCUT2D eigenvalue weighted by atomic mass is 10.1. The number of nitriles is 1. The van der Waals surface area contributed by atoms with Gasteiger partial charge in [0.1, 0.15) is 11.8 Å². The number of hydrogen-bond donors (Lipinski definition) is 1. The minimum atomic E-state index is -0.498. The second kappa shape index (κ2) is 6.16. The summed E-state index contributed by atoms with van der Waals surface area (Å²) in [6.45, 7) is 4.12. The third-order valence-corrected chi connectivity index (χ3v) is 2.45. The van der Waals surface area contributed by atoms with Gasteiger partial charge in [-0.2, -0.15) is 5.26 Å². The van der Waals surface area contributed by atoms with Gasteiger partial charge < -0.3 is 4.74 Å². The predicted molar refractivity (Wildman–Crippen MR) is 64.6 cm³/mol. The first-order chi connectivity index (χ1) is 7.74. The zero-order valence-electron chi connectivity index (χ0n) is 9.03. The molecule has 1 atom stereocenters. The summed E-state index contributed by atoms with van der Waals surface area (Å²) in [4.78, 5) is 0. The maximum atomic E-state index is 9.09. The topological polar surface area (TPSA) is 45.0 Å². The Kier molecular flexibility index (Phi) is 4.84. The van der Waals surface area contributed by atoms with Crippen molar-refractivity contribution in [3.63, 3.8) is 0 Å². The standard InChI is InChI=1S/C12H13ClN2O/c1-3-7-15-10(8-14)12-9(13)5-4-6-11(12)16-2/h3-6,10,15H,1,7H2,2H3. The van der Waals surface area contributed by atoms with Crippen LogP contribution in [0.2, 0.25) is 5.02 Å². The molecule has 1 rings (SSSR count). The van der Waals surface area contributed by atoms with Crippen LogP contribution in [-0.2, 0) is 0 Å². The van der Waals surface area contributed by atoms with Crippen LogP contribution in [0.3, 0.4) is 0 Å². The van der Waals surface area contributed by atoms with Gasteiger partial charge in [-0.3, -0.25) is 5.32 Å². The first-order valence-corrected chi connectivity index (χ1v) is 5.18. The molecule has 0 saturated heterocycles. The van der Waals surface area contributed by atoms with Crippen LogP contribution in [0.5, 0.6) is 5.75 Å². The highest BCUT2D eigenvalue weighted by atomic mass is 35.5. The molecule has 0 amide bonds. The molecule has 0 aromatic heterocycles. The molecule has 1 unspecified atom stereocenters. The highest BCUT2D eigenvalue weighted by Crippen LogP contribution is 2.31. The van der Waals surface area contributed by atoms with Gasteiger partial charge in [0.2, 0.25) is 0 Å². The second-order valence-electron chi connectivity index (χ2n) is 3.11. The predicted octanol–water partition coefficient (Wildman–Crippen LogP) is 2.69. The fraction of sp³-hybridized carbons (Fsp3) is 0.250. The number of nitrogens with zero attached hydrogens (tertiary/aromatic N) is 1. The van der Waals surface area contributed by atoms with E-state index in [0.29, 0.717) is 22.9 Å². The van der Waals surface area contributed by atoms with Crippen molar-refractivity contribution in [1.29, 1.82) is 5.26 Å². The van der Waals surface area contributed by atoms with Gasteiger partial charge in [0.25, 0.3) is 0 Å². The molecule has 4 heteroatoms. The third-order valence-electron chi connectivity index (χ3n) is 2.12. The Morgan fingerprint density at radius 2 is 2.44 bits per heavy atom. The number of ether oxygens (including phenoxy) is 1. The summed E-state index contributed by atoms with van der Waals surface area (Å²) in [5.41, 5.74) is 0.663. The van der Waals surface area contributed by atoms with E-state index < -0.39 is 6.04 Å². The Morgan fingerprint density at radius 1 is 1.69 bits per heavy atom. The van der Waals surface area contributed by atoms with E-state index in [2.05, 4.69) is 18.0 Å². The maximum Gasteiger partial charge on any atom is 0.126 e. The van der Waals surface area contributed by atoms with Crippen LogP contribution in [0.15, 0.2) is 30.9 Å². The van der Waals surface area contributed by atoms with Crippen molar-refractivity contribution >= 4 is 11.6 Å². The summed E-state index contributed by atoms with van der Waals surface area (Å²) in [5.74, 6) is 0.607. The van der Waals surface area contributed by atoms with Crippen molar-refractivity contribution in [3.05, 3.63) is 41.4 Å². The number of nitrogens with one attached hydrogen (secondary N) is 1. The van der Waals surface area contributed by atoms with E-state index >= 15 is 0 Å². The Balaban J connectivity index is 3.08. The van der Waals surface area contributed by atoms with Crippen molar-refractivity contribution in [2.24, 2.45) is 0 Å². The second-order valence-corrected chi connectivity index (χ2v) is 3.52. The number of hydrogen-bond acceptors (Lipinski definition) is 3. The van der Waals surface area contributed by atoms with E-state index in [4.69, 9.17) is 21.6 Å². The third kappa shape index (κ3) is 2.75. The summed E-state index contributed by atoms with van der Waals surface area (Å²) in [6.07, 6.45) is 1.69. The molecular formula is C12H13ClN2O. The fourth-order valence-corrected chi connectivity index (χ4v) is 1.66. The van der Waals surface area contributed by atoms with Crippen molar-refractivity contribution < 1.29 is 4.74 Å². The highest BCUT2D eigenvalue weighted by molar-refractivity contribution is 6.31. The molecule has 16 heavy (non-hydrogen) atoms. The van der Waals surface area contributed by atoms with Gasteiger partial charge in [-0.05, 0) is 12.1 Å². The van der Waals surface area contributed by atoms with Crippen molar-refractivity contribution in [1.82, 2.24) is 5.32 Å². The number of benzene rings is 1. The SMILES string of the molecule is C=CCNC(C#N)c1c(Cl)cccc1OC. The zero-order chi connectivity index (χ0) is 12.0. The van der Waals surface area contributed by atoms with Crippen LogP contribution in [-0.4, -0.2) is 13.7 Å². The van der Waals surface area contributed by atoms with E-state index in [1.54, 1.807) is 31.4 Å². The van der Waals surface area contributed by atoms with Crippen LogP contribution in [0.1, 0.15) is 11.6 Å². The summed E-state index contributed by atoms with van der Waals surface area (Å²) >= 11 is 6.06. The summed E-state index contributed by atoms with van der Waals surface area (Å²) < 4.78 is 5.19. The highest BCUT2D eigenvalue weighted by Gasteiger charge is 2.17. The van der Waals surface area contributed by atoms with Crippen LogP contribution < -0.4 is 10.1 Å². The number of methoxy groups -OCH3 is 1. The smallest absolute Gasteiger partial charge is 0.126 e. The van der Waals surface area contributed by atoms with Gasteiger partial charge in [-0.15, -0.1) is 6.58 Å². The largest absolute Gasteiger partial charge is 0.496 e. The Hall–Kier alpha value is -1.50. The van der Waals surface area contributed by atoms with E-state index in [-0.39, 0.29) is 0 Å². The minimum absolute atomic E-state index is 0.498. The van der Waals surface area contributed by atoms with Gasteiger partial charge in [0.05, 0.1) is 18.2 Å². The molecule has 0 aliphatic carbocycles. The molecule has 0 fully saturated rings. The van der Waals surface area contributed by atoms with Crippen molar-refractivity contribution in [2.75, 3.05) is 13.7 Å². The monoisotopic (exact) mass is 236 g/mol. The lowest BCUT2D eigenvalue weighted by Gasteiger charge is -2.15. The minimum Gasteiger partial charge on any atom is -0.496 e. The van der Waals surface area contributed by atoms with Crippen LogP contribution in [0.25, 0.3) is 0 Å². The van der Waals surface area contributed by atoms with E-state index in [0.717, 1.165) is 0 Å². The normalized spacial score (nSPS) is 11.6. The Bertz CT molecular complexity index is 412. The van der Waals surface area contributed by atoms with Gasteiger partial charge >= 0.3 is 0 Å². The Labute approximate surface area is 100 Å². The van der Waals surface area contributed by atoms with Gasteiger partial charge in [0.15, 0.2) is 0 Å². The van der Waals surface area contributed by atoms with Crippen LogP contribution in [0.4, 0.5) is 0 Å². The first kappa shape index (κ1) is 12.6. The molecule has 84 valence electrons. The average Bonchev–Trinajstić information content (AvgIpc) is 2.31. The fourth-order valence-electron chi connectivity index (χ4n) is 1.39. The lowest BCUT2D eigenvalue weighted by Crippen LogP contribution is -2.20. The molecule has 0 saturated carbocycles. The summed E-state index contributed by atoms with van der Waals surface area (Å²) in [6, 6.07) is 6.95. The molecule has 0 aliphatic rings. The van der Waals surface area contributed by atoms with Crippen molar-refractivity contribution in [2.45, 2.75) is 6.04 Å². The molecular weight excluding hydrogens is 224 g/mol. The summed E-state index contributed by atoms with van der Waals surface area (Å²) in [5, 5.41) is 12.6.